The summed E-state index contributed by atoms with van der Waals surface area (Å²) in [6.07, 6.45) is -0.126. The van der Waals surface area contributed by atoms with E-state index in [-0.39, 0.29) is 6.42 Å². The van der Waals surface area contributed by atoms with E-state index >= 15 is 0 Å². The lowest BCUT2D eigenvalue weighted by molar-refractivity contribution is -0.150. The predicted octanol–water partition coefficient (Wildman–Crippen LogP) is -0.436. The second kappa shape index (κ2) is 4.71. The first-order valence-corrected chi connectivity index (χ1v) is 3.45. The third-order valence-corrected chi connectivity index (χ3v) is 1.50. The van der Waals surface area contributed by atoms with Crippen LogP contribution in [0.2, 0.25) is 0 Å². The molecule has 12 heavy (non-hydrogen) atoms. The molecule has 1 N–H and O–H groups in total. The van der Waals surface area contributed by atoms with Gasteiger partial charge in [-0.25, -0.2) is 0 Å². The van der Waals surface area contributed by atoms with Crippen molar-refractivity contribution in [3.05, 3.63) is 0 Å². The number of nitrogens with zero attached hydrogens (tertiary/aromatic N) is 1. The van der Waals surface area contributed by atoms with Crippen molar-refractivity contribution in [2.45, 2.75) is 12.5 Å². The molecule has 0 saturated carbocycles. The summed E-state index contributed by atoms with van der Waals surface area (Å²) < 4.78 is 4.35. The van der Waals surface area contributed by atoms with E-state index in [0.717, 1.165) is 0 Å². The van der Waals surface area contributed by atoms with Crippen molar-refractivity contribution in [1.29, 1.82) is 0 Å². The minimum atomic E-state index is -1.02. The zero-order valence-electron chi connectivity index (χ0n) is 7.40. The van der Waals surface area contributed by atoms with Gasteiger partial charge in [-0.15, -0.1) is 0 Å². The smallest absolute Gasteiger partial charge is 0.321 e. The van der Waals surface area contributed by atoms with Crippen molar-refractivity contribution in [1.82, 2.24) is 4.90 Å². The van der Waals surface area contributed by atoms with E-state index in [1.807, 2.05) is 0 Å². The molecule has 0 unspecified atom stereocenters. The van der Waals surface area contributed by atoms with E-state index in [2.05, 4.69) is 4.74 Å². The Morgan fingerprint density at radius 2 is 2.00 bits per heavy atom. The number of likely N-dealkylation sites (N-methyl/N-ethyl adjacent to an activating group) is 1. The molecule has 0 aliphatic heterocycles. The minimum Gasteiger partial charge on any atom is -0.480 e. The van der Waals surface area contributed by atoms with Crippen LogP contribution >= 0.6 is 0 Å². The van der Waals surface area contributed by atoms with Crippen molar-refractivity contribution in [2.24, 2.45) is 0 Å². The fraction of sp³-hybridized carbons (Fsp3) is 0.714. The Kier molecular flexibility index (Phi) is 4.28. The number of esters is 1. The molecular formula is C7H13NO4. The molecule has 1 atom stereocenters. The van der Waals surface area contributed by atoms with Crippen LogP contribution in [0.3, 0.4) is 0 Å². The van der Waals surface area contributed by atoms with Crippen LogP contribution in [-0.4, -0.2) is 49.2 Å². The van der Waals surface area contributed by atoms with Gasteiger partial charge in [0.1, 0.15) is 6.04 Å². The predicted molar refractivity (Wildman–Crippen MR) is 41.7 cm³/mol. The Morgan fingerprint density at radius 3 is 2.25 bits per heavy atom. The van der Waals surface area contributed by atoms with Crippen molar-refractivity contribution >= 4 is 11.9 Å². The second-order valence-electron chi connectivity index (χ2n) is 2.60. The van der Waals surface area contributed by atoms with Crippen molar-refractivity contribution in [2.75, 3.05) is 21.2 Å². The summed E-state index contributed by atoms with van der Waals surface area (Å²) in [5.74, 6) is -1.54. The molecule has 0 aliphatic carbocycles. The quantitative estimate of drug-likeness (QED) is 0.587. The van der Waals surface area contributed by atoms with Crippen LogP contribution < -0.4 is 0 Å². The monoisotopic (exact) mass is 175 g/mol. The lowest BCUT2D eigenvalue weighted by Crippen LogP contribution is -2.37. The van der Waals surface area contributed by atoms with Gasteiger partial charge >= 0.3 is 11.9 Å². The largest absolute Gasteiger partial charge is 0.480 e. The van der Waals surface area contributed by atoms with Gasteiger partial charge in [0.15, 0.2) is 0 Å². The zero-order chi connectivity index (χ0) is 9.72. The van der Waals surface area contributed by atoms with Gasteiger partial charge in [-0.3, -0.25) is 14.5 Å². The van der Waals surface area contributed by atoms with Crippen LogP contribution in [0.25, 0.3) is 0 Å². The number of carbonyl (C=O) groups excluding carboxylic acids is 1. The molecule has 0 aliphatic rings. The van der Waals surface area contributed by atoms with Crippen molar-refractivity contribution in [3.63, 3.8) is 0 Å². The first kappa shape index (κ1) is 10.9. The highest BCUT2D eigenvalue weighted by atomic mass is 16.5. The molecule has 0 rings (SSSR count). The maximum atomic E-state index is 10.7. The zero-order valence-corrected chi connectivity index (χ0v) is 7.40. The third-order valence-electron chi connectivity index (χ3n) is 1.50. The fourth-order valence-corrected chi connectivity index (χ4v) is 0.732. The molecule has 0 saturated heterocycles. The maximum absolute atomic E-state index is 10.7. The minimum absolute atomic E-state index is 0.126. The van der Waals surface area contributed by atoms with E-state index in [9.17, 15) is 9.59 Å². The molecule has 0 aromatic carbocycles. The average molecular weight is 175 g/mol. The number of rotatable bonds is 4. The molecule has 5 nitrogen and oxygen atoms in total. The molecule has 0 spiro atoms. The third kappa shape index (κ3) is 3.34. The standard InChI is InChI=1S/C7H13NO4/c1-8(2)5(7(10)11)4-6(9)12-3/h5H,4H2,1-3H3,(H,10,11)/t5-/m0/s1. The van der Waals surface area contributed by atoms with Gasteiger partial charge in [0.05, 0.1) is 13.5 Å². The van der Waals surface area contributed by atoms with Gasteiger partial charge < -0.3 is 9.84 Å². The summed E-state index contributed by atoms with van der Waals surface area (Å²) in [5, 5.41) is 8.64. The van der Waals surface area contributed by atoms with Gasteiger partial charge in [0.2, 0.25) is 0 Å². The molecule has 5 heteroatoms. The van der Waals surface area contributed by atoms with Crippen LogP contribution in [0.5, 0.6) is 0 Å². The van der Waals surface area contributed by atoms with Crippen LogP contribution in [-0.2, 0) is 14.3 Å². The lowest BCUT2D eigenvalue weighted by Gasteiger charge is -2.18. The molecule has 0 bridgehead atoms. The van der Waals surface area contributed by atoms with E-state index in [1.165, 1.54) is 12.0 Å². The molecule has 0 heterocycles. The Hall–Kier alpha value is -1.10. The number of ether oxygens (including phenoxy) is 1. The van der Waals surface area contributed by atoms with E-state index in [1.54, 1.807) is 14.1 Å². The summed E-state index contributed by atoms with van der Waals surface area (Å²) in [4.78, 5) is 22.7. The Morgan fingerprint density at radius 1 is 1.50 bits per heavy atom. The highest BCUT2D eigenvalue weighted by Crippen LogP contribution is 2.00. The van der Waals surface area contributed by atoms with Gasteiger partial charge in [-0.2, -0.15) is 0 Å². The number of carboxylic acid groups (broad SMARTS) is 1. The van der Waals surface area contributed by atoms with Gasteiger partial charge in [-0.05, 0) is 14.1 Å². The van der Waals surface area contributed by atoms with Gasteiger partial charge in [0.25, 0.3) is 0 Å². The van der Waals surface area contributed by atoms with Crippen LogP contribution in [0.4, 0.5) is 0 Å². The number of carboxylic acids is 1. The summed E-state index contributed by atoms with van der Waals surface area (Å²) in [5.41, 5.74) is 0. The molecule has 0 amide bonds. The van der Waals surface area contributed by atoms with Crippen molar-refractivity contribution in [3.8, 4) is 0 Å². The number of carbonyl (C=O) groups is 2. The normalized spacial score (nSPS) is 12.7. The summed E-state index contributed by atoms with van der Waals surface area (Å²) in [6, 6.07) is -0.808. The summed E-state index contributed by atoms with van der Waals surface area (Å²) in [6.45, 7) is 0. The van der Waals surface area contributed by atoms with Crippen LogP contribution in [0.1, 0.15) is 6.42 Å². The fourth-order valence-electron chi connectivity index (χ4n) is 0.732. The Bertz CT molecular complexity index is 178. The summed E-state index contributed by atoms with van der Waals surface area (Å²) >= 11 is 0. The van der Waals surface area contributed by atoms with Gasteiger partial charge in [0, 0.05) is 0 Å². The highest BCUT2D eigenvalue weighted by molar-refractivity contribution is 5.81. The Balaban J connectivity index is 4.14. The van der Waals surface area contributed by atoms with Gasteiger partial charge in [-0.1, -0.05) is 0 Å². The number of methoxy groups -OCH3 is 1. The second-order valence-corrected chi connectivity index (χ2v) is 2.60. The van der Waals surface area contributed by atoms with E-state index in [0.29, 0.717) is 0 Å². The average Bonchev–Trinajstić information content (AvgIpc) is 1.98. The molecule has 0 aromatic rings. The van der Waals surface area contributed by atoms with E-state index < -0.39 is 18.0 Å². The molecule has 0 radical (unpaired) electrons. The number of aliphatic carboxylic acids is 1. The number of hydrogen-bond donors (Lipinski definition) is 1. The molecule has 70 valence electrons. The molecular weight excluding hydrogens is 162 g/mol. The van der Waals surface area contributed by atoms with Crippen molar-refractivity contribution < 1.29 is 19.4 Å². The van der Waals surface area contributed by atoms with Crippen LogP contribution in [0.15, 0.2) is 0 Å². The summed E-state index contributed by atoms with van der Waals surface area (Å²) in [7, 11) is 4.43. The topological polar surface area (TPSA) is 66.8 Å². The first-order valence-electron chi connectivity index (χ1n) is 3.45. The molecule has 0 aromatic heterocycles. The molecule has 0 fully saturated rings. The lowest BCUT2D eigenvalue weighted by atomic mass is 10.2. The SMILES string of the molecule is COC(=O)C[C@@H](C(=O)O)N(C)C. The highest BCUT2D eigenvalue weighted by Gasteiger charge is 2.23. The number of hydrogen-bond acceptors (Lipinski definition) is 4. The van der Waals surface area contributed by atoms with E-state index in [4.69, 9.17) is 5.11 Å². The van der Waals surface area contributed by atoms with Crippen LogP contribution in [0, 0.1) is 0 Å². The Labute approximate surface area is 70.9 Å². The maximum Gasteiger partial charge on any atom is 0.321 e. The first-order chi connectivity index (χ1) is 5.49.